The minimum absolute atomic E-state index is 0.257. The largest absolute Gasteiger partial charge is 0.489 e. The Bertz CT molecular complexity index is 604. The molecule has 0 heterocycles. The minimum Gasteiger partial charge on any atom is -0.489 e. The van der Waals surface area contributed by atoms with Crippen molar-refractivity contribution in [2.45, 2.75) is 33.4 Å². The van der Waals surface area contributed by atoms with Crippen LogP contribution in [0.15, 0.2) is 40.9 Å². The van der Waals surface area contributed by atoms with E-state index >= 15 is 0 Å². The molecule has 2 rings (SSSR count). The maximum Gasteiger partial charge on any atom is 0.125 e. The van der Waals surface area contributed by atoms with Crippen molar-refractivity contribution < 1.29 is 4.74 Å². The second-order valence-corrected chi connectivity index (χ2v) is 6.39. The van der Waals surface area contributed by atoms with Gasteiger partial charge in [-0.25, -0.2) is 0 Å². The van der Waals surface area contributed by atoms with E-state index in [1.807, 2.05) is 19.2 Å². The predicted octanol–water partition coefficient (Wildman–Crippen LogP) is 4.93. The number of halogens is 1. The molecule has 112 valence electrons. The van der Waals surface area contributed by atoms with Crippen molar-refractivity contribution >= 4 is 15.9 Å². The Labute approximate surface area is 135 Å². The number of nitrogens with one attached hydrogen (secondary N) is 1. The quantitative estimate of drug-likeness (QED) is 0.828. The third-order valence-electron chi connectivity index (χ3n) is 3.55. The maximum atomic E-state index is 6.07. The zero-order valence-corrected chi connectivity index (χ0v) is 14.6. The lowest BCUT2D eigenvalue weighted by molar-refractivity contribution is 0.300. The van der Waals surface area contributed by atoms with Gasteiger partial charge in [0.1, 0.15) is 12.4 Å². The van der Waals surface area contributed by atoms with Crippen molar-refractivity contribution in [3.05, 3.63) is 63.1 Å². The number of ether oxygens (including phenoxy) is 1. The fourth-order valence-corrected chi connectivity index (χ4v) is 2.80. The van der Waals surface area contributed by atoms with E-state index in [-0.39, 0.29) is 6.04 Å². The van der Waals surface area contributed by atoms with E-state index in [1.165, 1.54) is 22.3 Å². The second kappa shape index (κ2) is 7.10. The van der Waals surface area contributed by atoms with Gasteiger partial charge in [0.25, 0.3) is 0 Å². The highest BCUT2D eigenvalue weighted by molar-refractivity contribution is 9.10. The highest BCUT2D eigenvalue weighted by Gasteiger charge is 2.11. The van der Waals surface area contributed by atoms with Crippen molar-refractivity contribution in [1.29, 1.82) is 0 Å². The van der Waals surface area contributed by atoms with E-state index in [0.29, 0.717) is 6.61 Å². The molecule has 0 aromatic heterocycles. The van der Waals surface area contributed by atoms with E-state index in [4.69, 9.17) is 4.74 Å². The maximum absolute atomic E-state index is 6.07. The highest BCUT2D eigenvalue weighted by Crippen LogP contribution is 2.29. The van der Waals surface area contributed by atoms with Crippen molar-refractivity contribution in [3.8, 4) is 5.75 Å². The molecule has 2 aromatic carbocycles. The number of rotatable bonds is 5. The van der Waals surface area contributed by atoms with Crippen LogP contribution in [0.4, 0.5) is 0 Å². The van der Waals surface area contributed by atoms with Crippen LogP contribution in [-0.2, 0) is 6.61 Å². The molecule has 2 nitrogen and oxygen atoms in total. The first-order valence-corrected chi connectivity index (χ1v) is 7.95. The fraction of sp³-hybridized carbons (Fsp3) is 0.333. The van der Waals surface area contributed by atoms with Crippen LogP contribution in [0.3, 0.4) is 0 Å². The Balaban J connectivity index is 2.20. The van der Waals surface area contributed by atoms with Crippen molar-refractivity contribution in [2.24, 2.45) is 0 Å². The molecule has 1 N–H and O–H groups in total. The van der Waals surface area contributed by atoms with Crippen LogP contribution in [0.5, 0.6) is 5.75 Å². The van der Waals surface area contributed by atoms with E-state index in [2.05, 4.69) is 66.3 Å². The van der Waals surface area contributed by atoms with Gasteiger partial charge in [-0.05, 0) is 45.5 Å². The van der Waals surface area contributed by atoms with Crippen LogP contribution in [0.1, 0.15) is 35.2 Å². The average molecular weight is 348 g/mol. The molecule has 0 saturated heterocycles. The van der Waals surface area contributed by atoms with Crippen molar-refractivity contribution in [2.75, 3.05) is 7.05 Å². The summed E-state index contributed by atoms with van der Waals surface area (Å²) >= 11 is 3.52. The Morgan fingerprint density at radius 2 is 1.76 bits per heavy atom. The molecule has 0 aliphatic heterocycles. The number of aryl methyl sites for hydroxylation is 2. The minimum atomic E-state index is 0.257. The third-order valence-corrected chi connectivity index (χ3v) is 4.04. The Kier molecular flexibility index (Phi) is 5.43. The molecule has 3 heteroatoms. The SMILES string of the molecule is CNC(C)c1ccc(Br)cc1OCc1cc(C)cc(C)c1. The predicted molar refractivity (Wildman–Crippen MR) is 91.9 cm³/mol. The molecule has 0 aliphatic carbocycles. The summed E-state index contributed by atoms with van der Waals surface area (Å²) in [6.07, 6.45) is 0. The van der Waals surface area contributed by atoms with Gasteiger partial charge >= 0.3 is 0 Å². The van der Waals surface area contributed by atoms with E-state index in [1.54, 1.807) is 0 Å². The van der Waals surface area contributed by atoms with Crippen LogP contribution in [0.25, 0.3) is 0 Å². The smallest absolute Gasteiger partial charge is 0.125 e. The van der Waals surface area contributed by atoms with Gasteiger partial charge in [-0.1, -0.05) is 51.3 Å². The first-order chi connectivity index (χ1) is 9.99. The topological polar surface area (TPSA) is 21.3 Å². The molecule has 0 bridgehead atoms. The molecule has 1 atom stereocenters. The molecular formula is C18H22BrNO. The third kappa shape index (κ3) is 4.32. The Morgan fingerprint density at radius 1 is 1.10 bits per heavy atom. The summed E-state index contributed by atoms with van der Waals surface area (Å²) in [7, 11) is 1.96. The molecule has 0 spiro atoms. The van der Waals surface area contributed by atoms with Crippen LogP contribution in [0.2, 0.25) is 0 Å². The van der Waals surface area contributed by atoms with Gasteiger partial charge in [-0.2, -0.15) is 0 Å². The summed E-state index contributed by atoms with van der Waals surface area (Å²) < 4.78 is 7.10. The Hall–Kier alpha value is -1.32. The first-order valence-electron chi connectivity index (χ1n) is 7.16. The van der Waals surface area contributed by atoms with Crippen molar-refractivity contribution in [3.63, 3.8) is 0 Å². The van der Waals surface area contributed by atoms with E-state index in [0.717, 1.165) is 10.2 Å². The standard InChI is InChI=1S/C18H22BrNO/c1-12-7-13(2)9-15(8-12)11-21-18-10-16(19)5-6-17(18)14(3)20-4/h5-10,14,20H,11H2,1-4H3. The van der Waals surface area contributed by atoms with Gasteiger partial charge in [0.15, 0.2) is 0 Å². The molecule has 1 unspecified atom stereocenters. The van der Waals surface area contributed by atoms with Gasteiger partial charge < -0.3 is 10.1 Å². The van der Waals surface area contributed by atoms with Gasteiger partial charge in [-0.15, -0.1) is 0 Å². The van der Waals surface area contributed by atoms with Gasteiger partial charge in [-0.3, -0.25) is 0 Å². The Morgan fingerprint density at radius 3 is 2.38 bits per heavy atom. The second-order valence-electron chi connectivity index (χ2n) is 5.48. The zero-order valence-electron chi connectivity index (χ0n) is 13.0. The lowest BCUT2D eigenvalue weighted by atomic mass is 10.1. The van der Waals surface area contributed by atoms with Crippen molar-refractivity contribution in [1.82, 2.24) is 5.32 Å². The number of benzene rings is 2. The van der Waals surface area contributed by atoms with Gasteiger partial charge in [0, 0.05) is 16.1 Å². The van der Waals surface area contributed by atoms with Gasteiger partial charge in [0.05, 0.1) is 0 Å². The molecular weight excluding hydrogens is 326 g/mol. The van der Waals surface area contributed by atoms with Gasteiger partial charge in [0.2, 0.25) is 0 Å². The van der Waals surface area contributed by atoms with Crippen LogP contribution in [-0.4, -0.2) is 7.05 Å². The van der Waals surface area contributed by atoms with E-state index in [9.17, 15) is 0 Å². The summed E-state index contributed by atoms with van der Waals surface area (Å²) in [4.78, 5) is 0. The summed E-state index contributed by atoms with van der Waals surface area (Å²) in [6, 6.07) is 13.0. The summed E-state index contributed by atoms with van der Waals surface area (Å²) in [5.41, 5.74) is 4.92. The summed E-state index contributed by atoms with van der Waals surface area (Å²) in [5.74, 6) is 0.922. The summed E-state index contributed by atoms with van der Waals surface area (Å²) in [6.45, 7) is 6.95. The molecule has 0 radical (unpaired) electrons. The average Bonchev–Trinajstić information content (AvgIpc) is 2.43. The first kappa shape index (κ1) is 16.1. The molecule has 2 aromatic rings. The lowest BCUT2D eigenvalue weighted by Gasteiger charge is -2.17. The summed E-state index contributed by atoms with van der Waals surface area (Å²) in [5, 5.41) is 3.26. The number of hydrogen-bond donors (Lipinski definition) is 1. The molecule has 0 aliphatic rings. The highest BCUT2D eigenvalue weighted by atomic mass is 79.9. The van der Waals surface area contributed by atoms with E-state index < -0.39 is 0 Å². The van der Waals surface area contributed by atoms with Crippen LogP contribution in [0, 0.1) is 13.8 Å². The zero-order chi connectivity index (χ0) is 15.4. The molecule has 0 fully saturated rings. The molecule has 21 heavy (non-hydrogen) atoms. The van der Waals surface area contributed by atoms with Crippen LogP contribution < -0.4 is 10.1 Å². The van der Waals surface area contributed by atoms with Crippen LogP contribution >= 0.6 is 15.9 Å². The monoisotopic (exact) mass is 347 g/mol. The fourth-order valence-electron chi connectivity index (χ4n) is 2.46. The molecule has 0 amide bonds. The number of hydrogen-bond acceptors (Lipinski definition) is 2. The normalized spacial score (nSPS) is 12.2. The molecule has 0 saturated carbocycles. The lowest BCUT2D eigenvalue weighted by Crippen LogP contribution is -2.13.